The Balaban J connectivity index is 1.57. The summed E-state index contributed by atoms with van der Waals surface area (Å²) < 4.78 is 7.28. The molecule has 1 fully saturated rings. The topological polar surface area (TPSA) is 88.9 Å². The highest BCUT2D eigenvalue weighted by atomic mass is 35.5. The van der Waals surface area contributed by atoms with Crippen LogP contribution in [0.5, 0.6) is 0 Å². The number of hydrogen-bond donors (Lipinski definition) is 1. The third kappa shape index (κ3) is 4.58. The molecule has 1 amide bonds. The first kappa shape index (κ1) is 17.9. The first-order chi connectivity index (χ1) is 12.2. The first-order valence-electron chi connectivity index (χ1n) is 8.52. The van der Waals surface area contributed by atoms with Gasteiger partial charge >= 0.3 is 0 Å². The van der Waals surface area contributed by atoms with E-state index >= 15 is 0 Å². The Labute approximate surface area is 151 Å². The number of aromatic nitrogens is 5. The number of ether oxygens (including phenoxy) is 1. The average molecular weight is 367 g/mol. The Kier molecular flexibility index (Phi) is 6.04. The molecule has 3 rings (SSSR count). The van der Waals surface area contributed by atoms with Gasteiger partial charge in [-0.15, -0.1) is 5.10 Å². The van der Waals surface area contributed by atoms with E-state index < -0.39 is 0 Å². The number of aromatic amines is 1. The lowest BCUT2D eigenvalue weighted by molar-refractivity contribution is -0.132. The van der Waals surface area contributed by atoms with Crippen molar-refractivity contribution >= 4 is 17.5 Å². The molecule has 136 valence electrons. The standard InChI is InChI=1S/C16H23ClN6O2/c1-25-10-9-22-8-6-18-15(22)12-3-2-7-23(11-12)14(24)5-4-13-19-16(17)21-20-13/h6,8,12H,2-5,7,9-11H2,1H3,(H,19,20,21)/t12-/m0/s1. The molecule has 1 saturated heterocycles. The smallest absolute Gasteiger partial charge is 0.242 e. The lowest BCUT2D eigenvalue weighted by Crippen LogP contribution is -2.40. The summed E-state index contributed by atoms with van der Waals surface area (Å²) in [6, 6.07) is 0. The molecule has 1 atom stereocenters. The molecule has 25 heavy (non-hydrogen) atoms. The molecule has 0 unspecified atom stereocenters. The number of amides is 1. The van der Waals surface area contributed by atoms with Crippen molar-refractivity contribution in [2.75, 3.05) is 26.8 Å². The largest absolute Gasteiger partial charge is 0.383 e. The Morgan fingerprint density at radius 1 is 1.52 bits per heavy atom. The number of likely N-dealkylation sites (tertiary alicyclic amines) is 1. The fraction of sp³-hybridized carbons (Fsp3) is 0.625. The van der Waals surface area contributed by atoms with E-state index in [1.165, 1.54) is 0 Å². The van der Waals surface area contributed by atoms with Crippen LogP contribution < -0.4 is 0 Å². The van der Waals surface area contributed by atoms with Crippen molar-refractivity contribution in [1.29, 1.82) is 0 Å². The Hall–Kier alpha value is -1.93. The fourth-order valence-corrected chi connectivity index (χ4v) is 3.39. The molecule has 9 heteroatoms. The van der Waals surface area contributed by atoms with E-state index in [2.05, 4.69) is 24.7 Å². The number of aryl methyl sites for hydroxylation is 1. The van der Waals surface area contributed by atoms with Crippen molar-refractivity contribution < 1.29 is 9.53 Å². The number of piperidine rings is 1. The Morgan fingerprint density at radius 3 is 3.16 bits per heavy atom. The summed E-state index contributed by atoms with van der Waals surface area (Å²) in [6.07, 6.45) is 6.74. The molecule has 1 aliphatic heterocycles. The minimum Gasteiger partial charge on any atom is -0.383 e. The molecule has 0 radical (unpaired) electrons. The number of nitrogens with one attached hydrogen (secondary N) is 1. The van der Waals surface area contributed by atoms with E-state index in [-0.39, 0.29) is 17.1 Å². The van der Waals surface area contributed by atoms with Gasteiger partial charge in [-0.25, -0.2) is 9.97 Å². The van der Waals surface area contributed by atoms with Gasteiger partial charge < -0.3 is 14.2 Å². The number of carbonyl (C=O) groups is 1. The van der Waals surface area contributed by atoms with E-state index in [1.54, 1.807) is 7.11 Å². The van der Waals surface area contributed by atoms with Crippen LogP contribution in [0.15, 0.2) is 12.4 Å². The maximum atomic E-state index is 12.5. The van der Waals surface area contributed by atoms with Gasteiger partial charge in [-0.3, -0.25) is 9.89 Å². The highest BCUT2D eigenvalue weighted by Gasteiger charge is 2.27. The first-order valence-corrected chi connectivity index (χ1v) is 8.89. The maximum Gasteiger partial charge on any atom is 0.242 e. The quantitative estimate of drug-likeness (QED) is 0.804. The van der Waals surface area contributed by atoms with Crippen LogP contribution in [0.3, 0.4) is 0 Å². The van der Waals surface area contributed by atoms with Gasteiger partial charge in [-0.05, 0) is 24.4 Å². The van der Waals surface area contributed by atoms with E-state index in [0.717, 1.165) is 31.8 Å². The number of halogens is 1. The molecule has 3 heterocycles. The summed E-state index contributed by atoms with van der Waals surface area (Å²) in [4.78, 5) is 23.0. The van der Waals surface area contributed by atoms with Gasteiger partial charge in [-0.2, -0.15) is 0 Å². The highest BCUT2D eigenvalue weighted by molar-refractivity contribution is 6.28. The minimum absolute atomic E-state index is 0.132. The Bertz CT molecular complexity index is 700. The molecular weight excluding hydrogens is 344 g/mol. The molecule has 0 bridgehead atoms. The predicted molar refractivity (Wildman–Crippen MR) is 92.4 cm³/mol. The summed E-state index contributed by atoms with van der Waals surface area (Å²) in [5, 5.41) is 6.69. The molecule has 8 nitrogen and oxygen atoms in total. The zero-order chi connectivity index (χ0) is 17.6. The van der Waals surface area contributed by atoms with Crippen LogP contribution >= 0.6 is 11.6 Å². The van der Waals surface area contributed by atoms with E-state index in [4.69, 9.17) is 16.3 Å². The van der Waals surface area contributed by atoms with Crippen molar-refractivity contribution in [2.45, 2.75) is 38.1 Å². The van der Waals surface area contributed by atoms with E-state index in [1.807, 2.05) is 17.3 Å². The SMILES string of the molecule is COCCn1ccnc1[C@H]1CCCN(C(=O)CCc2nc(Cl)n[nH]2)C1. The van der Waals surface area contributed by atoms with Crippen LogP contribution in [0.25, 0.3) is 0 Å². The molecule has 1 N–H and O–H groups in total. The van der Waals surface area contributed by atoms with Crippen molar-refractivity contribution in [3.8, 4) is 0 Å². The van der Waals surface area contributed by atoms with Crippen LogP contribution in [0.1, 0.15) is 36.8 Å². The molecule has 1 aliphatic rings. The monoisotopic (exact) mass is 366 g/mol. The average Bonchev–Trinajstić information content (AvgIpc) is 3.26. The van der Waals surface area contributed by atoms with Gasteiger partial charge in [0.1, 0.15) is 11.6 Å². The molecule has 0 aliphatic carbocycles. The molecule has 2 aromatic rings. The molecule has 2 aromatic heterocycles. The van der Waals surface area contributed by atoms with Gasteiger partial charge in [0.15, 0.2) is 0 Å². The van der Waals surface area contributed by atoms with Crippen LogP contribution in [0.4, 0.5) is 0 Å². The number of rotatable bonds is 7. The normalized spacial score (nSPS) is 17.8. The van der Waals surface area contributed by atoms with Gasteiger partial charge in [0.2, 0.25) is 11.2 Å². The maximum absolute atomic E-state index is 12.5. The molecular formula is C16H23ClN6O2. The van der Waals surface area contributed by atoms with Crippen LogP contribution in [-0.4, -0.2) is 62.3 Å². The third-order valence-electron chi connectivity index (χ3n) is 4.50. The number of H-pyrrole nitrogens is 1. The number of hydrogen-bond acceptors (Lipinski definition) is 5. The van der Waals surface area contributed by atoms with E-state index in [9.17, 15) is 4.79 Å². The van der Waals surface area contributed by atoms with Crippen molar-refractivity contribution in [3.63, 3.8) is 0 Å². The van der Waals surface area contributed by atoms with E-state index in [0.29, 0.717) is 31.8 Å². The van der Waals surface area contributed by atoms with Gasteiger partial charge in [-0.1, -0.05) is 0 Å². The van der Waals surface area contributed by atoms with Gasteiger partial charge in [0, 0.05) is 57.9 Å². The second-order valence-corrected chi connectivity index (χ2v) is 6.54. The summed E-state index contributed by atoms with van der Waals surface area (Å²) in [6.45, 7) is 2.94. The lowest BCUT2D eigenvalue weighted by Gasteiger charge is -2.32. The van der Waals surface area contributed by atoms with Gasteiger partial charge in [0.05, 0.1) is 6.61 Å². The zero-order valence-corrected chi connectivity index (χ0v) is 15.1. The number of nitrogens with zero attached hydrogens (tertiary/aromatic N) is 5. The van der Waals surface area contributed by atoms with Crippen molar-refractivity contribution in [2.24, 2.45) is 0 Å². The highest BCUT2D eigenvalue weighted by Crippen LogP contribution is 2.26. The number of imidazole rings is 1. The van der Waals surface area contributed by atoms with Gasteiger partial charge in [0.25, 0.3) is 0 Å². The van der Waals surface area contributed by atoms with Crippen molar-refractivity contribution in [3.05, 3.63) is 29.3 Å². The van der Waals surface area contributed by atoms with Crippen LogP contribution in [0, 0.1) is 0 Å². The van der Waals surface area contributed by atoms with Crippen LogP contribution in [0.2, 0.25) is 5.28 Å². The minimum atomic E-state index is 0.132. The molecule has 0 saturated carbocycles. The van der Waals surface area contributed by atoms with Crippen molar-refractivity contribution in [1.82, 2.24) is 29.6 Å². The summed E-state index contributed by atoms with van der Waals surface area (Å²) >= 11 is 5.68. The number of methoxy groups -OCH3 is 1. The van der Waals surface area contributed by atoms with Crippen LogP contribution in [-0.2, 0) is 22.5 Å². The second kappa shape index (κ2) is 8.44. The summed E-state index contributed by atoms with van der Waals surface area (Å²) in [5.41, 5.74) is 0. The molecule has 0 aromatic carbocycles. The fourth-order valence-electron chi connectivity index (χ4n) is 3.24. The lowest BCUT2D eigenvalue weighted by atomic mass is 9.96. The zero-order valence-electron chi connectivity index (χ0n) is 14.3. The molecule has 0 spiro atoms. The number of carbonyl (C=O) groups excluding carboxylic acids is 1. The predicted octanol–water partition coefficient (Wildman–Crippen LogP) is 1.64. The third-order valence-corrected chi connectivity index (χ3v) is 4.67. The summed E-state index contributed by atoms with van der Waals surface area (Å²) in [5.74, 6) is 2.08. The summed E-state index contributed by atoms with van der Waals surface area (Å²) in [7, 11) is 1.69. The Morgan fingerprint density at radius 2 is 2.40 bits per heavy atom. The second-order valence-electron chi connectivity index (χ2n) is 6.20.